The Hall–Kier alpha value is -0.980. The first-order chi connectivity index (χ1) is 29.3. The van der Waals surface area contributed by atoms with Gasteiger partial charge in [-0.3, -0.25) is 0 Å². The van der Waals surface area contributed by atoms with Crippen LogP contribution in [0, 0.1) is 46.3 Å². The van der Waals surface area contributed by atoms with Gasteiger partial charge in [-0.1, -0.05) is 39.3 Å². The molecule has 4 aliphatic carbocycles. The van der Waals surface area contributed by atoms with Crippen molar-refractivity contribution >= 4 is 0 Å². The predicted octanol–water partition coefficient (Wildman–Crippen LogP) is -0.874. The highest BCUT2D eigenvalue weighted by Crippen LogP contribution is 2.70. The summed E-state index contributed by atoms with van der Waals surface area (Å²) < 4.78 is 42.3. The summed E-state index contributed by atoms with van der Waals surface area (Å²) in [4.78, 5) is 0. The zero-order valence-corrected chi connectivity index (χ0v) is 36.4. The van der Waals surface area contributed by atoms with E-state index in [0.29, 0.717) is 43.4 Å². The molecule has 11 N–H and O–H groups in total. The van der Waals surface area contributed by atoms with Crippen molar-refractivity contribution in [3.63, 3.8) is 0 Å². The highest BCUT2D eigenvalue weighted by atomic mass is 16.8. The van der Waals surface area contributed by atoms with Crippen LogP contribution in [0.4, 0.5) is 0 Å². The average Bonchev–Trinajstić information content (AvgIpc) is 3.68. The smallest absolute Gasteiger partial charge is 0.189 e. The Balaban J connectivity index is 0.982. The van der Waals surface area contributed by atoms with E-state index in [-0.39, 0.29) is 41.3 Å². The van der Waals surface area contributed by atoms with E-state index in [1.807, 2.05) is 6.92 Å². The maximum Gasteiger partial charge on any atom is 0.189 e. The second-order valence-corrected chi connectivity index (χ2v) is 20.6. The second kappa shape index (κ2) is 17.9. The molecule has 26 atom stereocenters. The molecule has 0 amide bonds. The number of ether oxygens (including phenoxy) is 7. The summed E-state index contributed by atoms with van der Waals surface area (Å²) in [7, 11) is 0. The molecule has 18 heteroatoms. The Morgan fingerprint density at radius 3 is 2.13 bits per heavy atom. The van der Waals surface area contributed by atoms with Crippen LogP contribution in [0.25, 0.3) is 0 Å². The zero-order valence-electron chi connectivity index (χ0n) is 36.4. The van der Waals surface area contributed by atoms with Crippen LogP contribution in [0.3, 0.4) is 0 Å². The van der Waals surface area contributed by atoms with Gasteiger partial charge < -0.3 is 89.3 Å². The first kappa shape index (κ1) is 47.5. The highest BCUT2D eigenvalue weighted by molar-refractivity contribution is 5.26. The third-order valence-corrected chi connectivity index (χ3v) is 17.1. The van der Waals surface area contributed by atoms with Gasteiger partial charge in [0.2, 0.25) is 0 Å². The van der Waals surface area contributed by atoms with Crippen LogP contribution < -0.4 is 0 Å². The van der Waals surface area contributed by atoms with Crippen LogP contribution in [-0.4, -0.2) is 180 Å². The lowest BCUT2D eigenvalue weighted by atomic mass is 9.47. The Morgan fingerprint density at radius 1 is 0.758 bits per heavy atom. The molecule has 8 aliphatic rings. The quantitative estimate of drug-likeness (QED) is 0.112. The van der Waals surface area contributed by atoms with Gasteiger partial charge in [0, 0.05) is 18.9 Å². The summed E-state index contributed by atoms with van der Waals surface area (Å²) in [6, 6.07) is 0. The fraction of sp³-hybridized carbons (Fsp3) is 0.955. The maximum absolute atomic E-state index is 11.9. The van der Waals surface area contributed by atoms with Crippen LogP contribution in [0.1, 0.15) is 92.4 Å². The molecule has 3 saturated carbocycles. The van der Waals surface area contributed by atoms with Crippen LogP contribution in [0.5, 0.6) is 0 Å². The van der Waals surface area contributed by atoms with Gasteiger partial charge in [-0.15, -0.1) is 0 Å². The fourth-order valence-electron chi connectivity index (χ4n) is 13.3. The minimum Gasteiger partial charge on any atom is -0.396 e. The molecule has 4 aliphatic heterocycles. The van der Waals surface area contributed by atoms with Crippen molar-refractivity contribution in [1.29, 1.82) is 0 Å². The molecular weight excluding hydrogens is 816 g/mol. The molecule has 18 nitrogen and oxygen atoms in total. The van der Waals surface area contributed by atoms with Crippen molar-refractivity contribution in [2.45, 2.75) is 203 Å². The average molecular weight is 889 g/mol. The molecule has 0 aromatic rings. The van der Waals surface area contributed by atoms with E-state index in [2.05, 4.69) is 26.8 Å². The van der Waals surface area contributed by atoms with E-state index in [1.165, 1.54) is 12.5 Å². The molecule has 7 fully saturated rings. The van der Waals surface area contributed by atoms with Crippen LogP contribution in [-0.2, 0) is 33.2 Å². The van der Waals surface area contributed by atoms with E-state index in [1.54, 1.807) is 0 Å². The van der Waals surface area contributed by atoms with Gasteiger partial charge in [0.05, 0.1) is 24.9 Å². The van der Waals surface area contributed by atoms with Crippen molar-refractivity contribution in [3.05, 3.63) is 11.6 Å². The van der Waals surface area contributed by atoms with Gasteiger partial charge in [-0.25, -0.2) is 0 Å². The summed E-state index contributed by atoms with van der Waals surface area (Å²) in [6.07, 6.45) is -15.3. The topological polar surface area (TPSA) is 287 Å². The summed E-state index contributed by atoms with van der Waals surface area (Å²) in [5.74, 6) is 0.463. The van der Waals surface area contributed by atoms with E-state index in [0.717, 1.165) is 32.1 Å². The first-order valence-electron chi connectivity index (χ1n) is 22.9. The van der Waals surface area contributed by atoms with Crippen LogP contribution in [0.15, 0.2) is 11.6 Å². The van der Waals surface area contributed by atoms with Gasteiger partial charge in [0.15, 0.2) is 30.9 Å². The molecule has 26 unspecified atom stereocenters. The summed E-state index contributed by atoms with van der Waals surface area (Å²) >= 11 is 0. The molecule has 0 aromatic heterocycles. The molecule has 0 radical (unpaired) electrons. The molecular formula is C44H72O18. The second-order valence-electron chi connectivity index (χ2n) is 20.6. The van der Waals surface area contributed by atoms with Crippen molar-refractivity contribution in [2.75, 3.05) is 13.2 Å². The number of aliphatic hydroxyl groups excluding tert-OH is 10. The SMILES string of the molecule is CC(CO)CCC1(O)OC2CC3C4CC=C5CC(OC6OC(CO)C(OC7OC(C)C(O)C(O)C7O)C(O)C6OC6OC(O)C(O)C(O)C6O)CCC5(C)C4CCC3(C)C2C1C. The predicted molar refractivity (Wildman–Crippen MR) is 213 cm³/mol. The van der Waals surface area contributed by atoms with E-state index >= 15 is 0 Å². The van der Waals surface area contributed by atoms with Gasteiger partial charge in [-0.2, -0.15) is 0 Å². The Labute approximate surface area is 362 Å². The number of allylic oxidation sites excluding steroid dienone is 1. The maximum atomic E-state index is 11.9. The fourth-order valence-corrected chi connectivity index (χ4v) is 13.3. The number of aliphatic hydroxyl groups is 11. The van der Waals surface area contributed by atoms with Gasteiger partial charge >= 0.3 is 0 Å². The molecule has 62 heavy (non-hydrogen) atoms. The molecule has 0 bridgehead atoms. The minimum absolute atomic E-state index is 0.00992. The van der Waals surface area contributed by atoms with Crippen molar-refractivity contribution < 1.29 is 89.3 Å². The van der Waals surface area contributed by atoms with E-state index in [4.69, 9.17) is 33.2 Å². The largest absolute Gasteiger partial charge is 0.396 e. The summed E-state index contributed by atoms with van der Waals surface area (Å²) in [5, 5.41) is 117. The lowest BCUT2D eigenvalue weighted by molar-refractivity contribution is -0.400. The Morgan fingerprint density at radius 2 is 1.44 bits per heavy atom. The van der Waals surface area contributed by atoms with Gasteiger partial charge in [0.25, 0.3) is 0 Å². The minimum atomic E-state index is -1.96. The lowest BCUT2D eigenvalue weighted by Gasteiger charge is -2.58. The van der Waals surface area contributed by atoms with Crippen molar-refractivity contribution in [2.24, 2.45) is 46.3 Å². The van der Waals surface area contributed by atoms with Gasteiger partial charge in [-0.05, 0) is 98.7 Å². The standard InChI is InChI=1S/C44H72O18/c1-18(16-45)8-13-44(55)19(2)28-26(62-44)15-25-23-7-6-21-14-22(9-11-42(21,4)24(23)10-12-43(25,28)5)57-41-37(60-40-34(52)31(49)32(50)38(54)61-40)35(53)36(27(17-46)58-41)59-39-33(51)30(48)29(47)20(3)56-39/h6,18-20,22-41,45-55H,7-17H2,1-5H3. The lowest BCUT2D eigenvalue weighted by Crippen LogP contribution is -2.66. The summed E-state index contributed by atoms with van der Waals surface area (Å²) in [6.45, 7) is 9.74. The normalized spacial score (nSPS) is 55.7. The zero-order chi connectivity index (χ0) is 44.8. The Bertz CT molecular complexity index is 1590. The van der Waals surface area contributed by atoms with E-state index in [9.17, 15) is 56.2 Å². The molecule has 8 rings (SSSR count). The first-order valence-corrected chi connectivity index (χ1v) is 22.9. The Kier molecular flexibility index (Phi) is 13.7. The molecule has 4 heterocycles. The third kappa shape index (κ3) is 8.06. The highest BCUT2D eigenvalue weighted by Gasteiger charge is 2.68. The molecule has 0 aromatic carbocycles. The van der Waals surface area contributed by atoms with Crippen LogP contribution in [0.2, 0.25) is 0 Å². The van der Waals surface area contributed by atoms with Crippen molar-refractivity contribution in [1.82, 2.24) is 0 Å². The van der Waals surface area contributed by atoms with E-state index < -0.39 is 111 Å². The molecule has 0 spiro atoms. The molecule has 4 saturated heterocycles. The number of hydrogen-bond acceptors (Lipinski definition) is 18. The van der Waals surface area contributed by atoms with Crippen molar-refractivity contribution in [3.8, 4) is 0 Å². The monoisotopic (exact) mass is 888 g/mol. The number of rotatable bonds is 11. The number of hydrogen-bond donors (Lipinski definition) is 11. The van der Waals surface area contributed by atoms with Crippen LogP contribution >= 0.6 is 0 Å². The molecule has 356 valence electrons. The third-order valence-electron chi connectivity index (χ3n) is 17.1. The number of fused-ring (bicyclic) bond motifs is 7. The summed E-state index contributed by atoms with van der Waals surface area (Å²) in [5.41, 5.74) is 1.19. The van der Waals surface area contributed by atoms with Gasteiger partial charge in [0.1, 0.15) is 61.0 Å².